The second-order valence-corrected chi connectivity index (χ2v) is 7.49. The summed E-state index contributed by atoms with van der Waals surface area (Å²) in [4.78, 5) is 38.3. The van der Waals surface area contributed by atoms with Crippen LogP contribution < -0.4 is 0 Å². The smallest absolute Gasteiger partial charge is 0.303 e. The quantitative estimate of drug-likeness (QED) is 0.554. The van der Waals surface area contributed by atoms with Crippen molar-refractivity contribution < 1.29 is 19.6 Å². The molecule has 3 rings (SSSR count). The van der Waals surface area contributed by atoms with Gasteiger partial charge in [0.25, 0.3) is 11.6 Å². The highest BCUT2D eigenvalue weighted by atomic mass is 16.6. The molecule has 2 aromatic rings. The maximum atomic E-state index is 12.8. The van der Waals surface area contributed by atoms with Crippen LogP contribution in [0.25, 0.3) is 0 Å². The van der Waals surface area contributed by atoms with Gasteiger partial charge in [-0.15, -0.1) is 0 Å². The average Bonchev–Trinajstić information content (AvgIpc) is 2.75. The van der Waals surface area contributed by atoms with Crippen molar-refractivity contribution in [3.63, 3.8) is 0 Å². The first-order chi connectivity index (χ1) is 14.3. The predicted molar refractivity (Wildman–Crippen MR) is 111 cm³/mol. The third-order valence-corrected chi connectivity index (χ3v) is 5.44. The second-order valence-electron chi connectivity index (χ2n) is 7.49. The third kappa shape index (κ3) is 5.21. The standard InChI is InChI=1S/C22H25N3O5/c1-16-5-7-17(8-6-16)20(9-10-21(26)27)23-11-13-24(14-12-23)22(28)18-3-2-4-19(15-18)25(29)30/h2-8,15,20H,9-14H2,1H3,(H,26,27)/t20-/m1/s1. The Morgan fingerprint density at radius 2 is 1.77 bits per heavy atom. The molecule has 0 aliphatic carbocycles. The number of non-ortho nitro benzene ring substituents is 1. The normalized spacial score (nSPS) is 15.6. The number of nitrogens with zero attached hydrogens (tertiary/aromatic N) is 3. The number of nitro groups is 1. The summed E-state index contributed by atoms with van der Waals surface area (Å²) >= 11 is 0. The summed E-state index contributed by atoms with van der Waals surface area (Å²) in [6.45, 7) is 4.19. The van der Waals surface area contributed by atoms with Crippen LogP contribution in [0.4, 0.5) is 5.69 Å². The molecule has 2 aromatic carbocycles. The summed E-state index contributed by atoms with van der Waals surface area (Å²) in [7, 11) is 0. The van der Waals surface area contributed by atoms with Gasteiger partial charge in [-0.3, -0.25) is 24.6 Å². The van der Waals surface area contributed by atoms with E-state index >= 15 is 0 Å². The molecule has 1 aliphatic heterocycles. The fourth-order valence-electron chi connectivity index (χ4n) is 3.78. The number of rotatable bonds is 7. The molecule has 0 unspecified atom stereocenters. The van der Waals surface area contributed by atoms with Gasteiger partial charge in [-0.2, -0.15) is 0 Å². The van der Waals surface area contributed by atoms with Gasteiger partial charge in [-0.05, 0) is 25.0 Å². The lowest BCUT2D eigenvalue weighted by Gasteiger charge is -2.39. The zero-order valence-electron chi connectivity index (χ0n) is 16.9. The molecule has 1 aliphatic rings. The van der Waals surface area contributed by atoms with Gasteiger partial charge < -0.3 is 10.0 Å². The van der Waals surface area contributed by atoms with E-state index in [0.29, 0.717) is 38.2 Å². The maximum Gasteiger partial charge on any atom is 0.303 e. The number of benzene rings is 2. The third-order valence-electron chi connectivity index (χ3n) is 5.44. The van der Waals surface area contributed by atoms with E-state index in [4.69, 9.17) is 5.11 Å². The molecule has 1 fully saturated rings. The number of carbonyl (C=O) groups excluding carboxylic acids is 1. The zero-order valence-corrected chi connectivity index (χ0v) is 16.9. The van der Waals surface area contributed by atoms with Crippen molar-refractivity contribution in [1.29, 1.82) is 0 Å². The van der Waals surface area contributed by atoms with E-state index in [2.05, 4.69) is 4.90 Å². The molecule has 158 valence electrons. The van der Waals surface area contributed by atoms with Crippen molar-refractivity contribution in [3.8, 4) is 0 Å². The molecule has 30 heavy (non-hydrogen) atoms. The highest BCUT2D eigenvalue weighted by molar-refractivity contribution is 5.94. The molecule has 1 heterocycles. The molecular weight excluding hydrogens is 386 g/mol. The Hall–Kier alpha value is -3.26. The number of carboxylic acid groups (broad SMARTS) is 1. The second kappa shape index (κ2) is 9.49. The lowest BCUT2D eigenvalue weighted by Crippen LogP contribution is -2.49. The molecule has 0 radical (unpaired) electrons. The first-order valence-electron chi connectivity index (χ1n) is 9.91. The van der Waals surface area contributed by atoms with Gasteiger partial charge in [-0.25, -0.2) is 0 Å². The molecule has 1 N–H and O–H groups in total. The fraction of sp³-hybridized carbons (Fsp3) is 0.364. The van der Waals surface area contributed by atoms with Gasteiger partial charge in [-0.1, -0.05) is 35.9 Å². The number of nitro benzene ring substituents is 1. The predicted octanol–water partition coefficient (Wildman–Crippen LogP) is 3.27. The highest BCUT2D eigenvalue weighted by Gasteiger charge is 2.28. The summed E-state index contributed by atoms with van der Waals surface area (Å²) in [5.41, 5.74) is 2.41. The molecule has 8 heteroatoms. The van der Waals surface area contributed by atoms with E-state index in [9.17, 15) is 19.7 Å². The van der Waals surface area contributed by atoms with E-state index in [1.807, 2.05) is 31.2 Å². The summed E-state index contributed by atoms with van der Waals surface area (Å²) in [6.07, 6.45) is 0.572. The minimum atomic E-state index is -0.827. The Bertz CT molecular complexity index is 921. The van der Waals surface area contributed by atoms with Crippen LogP contribution in [0.3, 0.4) is 0 Å². The fourth-order valence-corrected chi connectivity index (χ4v) is 3.78. The number of carboxylic acids is 1. The van der Waals surface area contributed by atoms with Crippen molar-refractivity contribution in [2.45, 2.75) is 25.8 Å². The summed E-state index contributed by atoms with van der Waals surface area (Å²) in [5, 5.41) is 20.1. The molecule has 8 nitrogen and oxygen atoms in total. The van der Waals surface area contributed by atoms with E-state index < -0.39 is 10.9 Å². The summed E-state index contributed by atoms with van der Waals surface area (Å²) < 4.78 is 0. The highest BCUT2D eigenvalue weighted by Crippen LogP contribution is 2.28. The van der Waals surface area contributed by atoms with E-state index in [-0.39, 0.29) is 24.1 Å². The Balaban J connectivity index is 1.69. The lowest BCUT2D eigenvalue weighted by molar-refractivity contribution is -0.384. The topological polar surface area (TPSA) is 104 Å². The van der Waals surface area contributed by atoms with E-state index in [1.54, 1.807) is 11.0 Å². The molecule has 1 amide bonds. The molecule has 1 saturated heterocycles. The van der Waals surface area contributed by atoms with Crippen molar-refractivity contribution in [2.24, 2.45) is 0 Å². The average molecular weight is 411 g/mol. The molecular formula is C22H25N3O5. The maximum absolute atomic E-state index is 12.8. The summed E-state index contributed by atoms with van der Waals surface area (Å²) in [6, 6.07) is 13.8. The largest absolute Gasteiger partial charge is 0.481 e. The Morgan fingerprint density at radius 1 is 1.10 bits per heavy atom. The monoisotopic (exact) mass is 411 g/mol. The minimum absolute atomic E-state index is 0.0308. The molecule has 0 bridgehead atoms. The number of piperazine rings is 1. The number of amides is 1. The number of aryl methyl sites for hydroxylation is 1. The molecule has 0 aromatic heterocycles. The first kappa shape index (κ1) is 21.4. The SMILES string of the molecule is Cc1ccc([C@@H](CCC(=O)O)N2CCN(C(=O)c3cccc([N+](=O)[O-])c3)CC2)cc1. The van der Waals surface area contributed by atoms with Gasteiger partial charge in [0.05, 0.1) is 4.92 Å². The van der Waals surface area contributed by atoms with Crippen molar-refractivity contribution in [2.75, 3.05) is 26.2 Å². The Kier molecular flexibility index (Phi) is 6.79. The van der Waals surface area contributed by atoms with E-state index in [1.165, 1.54) is 18.2 Å². The van der Waals surface area contributed by atoms with Crippen molar-refractivity contribution in [3.05, 3.63) is 75.3 Å². The zero-order chi connectivity index (χ0) is 21.7. The van der Waals surface area contributed by atoms with Crippen molar-refractivity contribution in [1.82, 2.24) is 9.80 Å². The number of aliphatic carboxylic acids is 1. The van der Waals surface area contributed by atoms with Crippen LogP contribution in [0.1, 0.15) is 40.4 Å². The van der Waals surface area contributed by atoms with Gasteiger partial charge in [0, 0.05) is 56.3 Å². The van der Waals surface area contributed by atoms with Gasteiger partial charge in [0.2, 0.25) is 0 Å². The van der Waals surface area contributed by atoms with Crippen LogP contribution in [0.5, 0.6) is 0 Å². The molecule has 0 saturated carbocycles. The van der Waals surface area contributed by atoms with Crippen LogP contribution in [-0.4, -0.2) is 57.9 Å². The van der Waals surface area contributed by atoms with Gasteiger partial charge in [0.15, 0.2) is 0 Å². The molecule has 0 spiro atoms. The van der Waals surface area contributed by atoms with Crippen LogP contribution in [-0.2, 0) is 4.79 Å². The number of hydrogen-bond acceptors (Lipinski definition) is 5. The van der Waals surface area contributed by atoms with Gasteiger partial charge in [0.1, 0.15) is 0 Å². The van der Waals surface area contributed by atoms with Crippen molar-refractivity contribution >= 4 is 17.6 Å². The van der Waals surface area contributed by atoms with Gasteiger partial charge >= 0.3 is 5.97 Å². The van der Waals surface area contributed by atoms with Crippen LogP contribution in [0.15, 0.2) is 48.5 Å². The number of hydrogen-bond donors (Lipinski definition) is 1. The van der Waals surface area contributed by atoms with Crippen LogP contribution in [0.2, 0.25) is 0 Å². The van der Waals surface area contributed by atoms with Crippen LogP contribution >= 0.6 is 0 Å². The van der Waals surface area contributed by atoms with Crippen LogP contribution in [0, 0.1) is 17.0 Å². The lowest BCUT2D eigenvalue weighted by atomic mass is 9.98. The molecule has 1 atom stereocenters. The number of carbonyl (C=O) groups is 2. The minimum Gasteiger partial charge on any atom is -0.481 e. The summed E-state index contributed by atoms with van der Waals surface area (Å²) in [5.74, 6) is -1.05. The first-order valence-corrected chi connectivity index (χ1v) is 9.91. The van der Waals surface area contributed by atoms with E-state index in [0.717, 1.165) is 11.1 Å². The Labute approximate surface area is 174 Å². The Morgan fingerprint density at radius 3 is 2.37 bits per heavy atom.